The summed E-state index contributed by atoms with van der Waals surface area (Å²) in [7, 11) is 0. The molecule has 1 aromatic carbocycles. The Bertz CT molecular complexity index is 497. The number of carbonyl (C=O) groups is 2. The van der Waals surface area contributed by atoms with Crippen LogP contribution in [0.2, 0.25) is 0 Å². The van der Waals surface area contributed by atoms with E-state index in [1.54, 1.807) is 4.90 Å². The summed E-state index contributed by atoms with van der Waals surface area (Å²) in [5, 5.41) is 2.82. The predicted molar refractivity (Wildman–Crippen MR) is 94.2 cm³/mol. The first-order valence-corrected chi connectivity index (χ1v) is 8.72. The largest absolute Gasteiger partial charge is 0.341 e. The molecule has 0 bridgehead atoms. The summed E-state index contributed by atoms with van der Waals surface area (Å²) in [6.07, 6.45) is 3.78. The lowest BCUT2D eigenvalue weighted by Gasteiger charge is -2.22. The monoisotopic (exact) mass is 318 g/mol. The molecule has 1 rings (SSSR count). The molecule has 0 aromatic heterocycles. The fourth-order valence-corrected chi connectivity index (χ4v) is 2.46. The molecule has 0 saturated carbocycles. The lowest BCUT2D eigenvalue weighted by atomic mass is 10.0. The molecule has 0 fully saturated rings. The topological polar surface area (TPSA) is 49.4 Å². The van der Waals surface area contributed by atoms with E-state index in [0.29, 0.717) is 13.1 Å². The fourth-order valence-electron chi connectivity index (χ4n) is 2.46. The van der Waals surface area contributed by atoms with Gasteiger partial charge in [0.25, 0.3) is 0 Å². The summed E-state index contributed by atoms with van der Waals surface area (Å²) in [6, 6.07) is 7.96. The van der Waals surface area contributed by atoms with Crippen molar-refractivity contribution < 1.29 is 9.59 Å². The van der Waals surface area contributed by atoms with Gasteiger partial charge in [-0.05, 0) is 37.3 Å². The molecule has 4 nitrogen and oxygen atoms in total. The van der Waals surface area contributed by atoms with Gasteiger partial charge in [-0.3, -0.25) is 9.59 Å². The van der Waals surface area contributed by atoms with Crippen molar-refractivity contribution in [2.75, 3.05) is 13.1 Å². The molecule has 1 atom stereocenters. The Hall–Kier alpha value is -1.84. The van der Waals surface area contributed by atoms with Crippen LogP contribution in [0.3, 0.4) is 0 Å². The fraction of sp³-hybridized carbons (Fsp3) is 0.579. The number of carbonyl (C=O) groups excluding carboxylic acids is 2. The highest BCUT2D eigenvalue weighted by atomic mass is 16.2. The van der Waals surface area contributed by atoms with Crippen LogP contribution in [0.5, 0.6) is 0 Å². The number of nitrogens with one attached hydrogen (secondary N) is 1. The van der Waals surface area contributed by atoms with Crippen LogP contribution in [0.1, 0.15) is 64.1 Å². The van der Waals surface area contributed by atoms with E-state index < -0.39 is 11.8 Å². The van der Waals surface area contributed by atoms with Crippen molar-refractivity contribution in [2.45, 2.75) is 59.4 Å². The minimum absolute atomic E-state index is 0.174. The molecule has 0 aliphatic rings. The van der Waals surface area contributed by atoms with Gasteiger partial charge in [0, 0.05) is 13.1 Å². The second-order valence-electron chi connectivity index (χ2n) is 5.94. The molecule has 4 heteroatoms. The summed E-state index contributed by atoms with van der Waals surface area (Å²) in [5.74, 6) is -0.932. The van der Waals surface area contributed by atoms with Crippen molar-refractivity contribution in [1.82, 2.24) is 10.2 Å². The van der Waals surface area contributed by atoms with Gasteiger partial charge in [0.2, 0.25) is 0 Å². The average molecular weight is 318 g/mol. The predicted octanol–water partition coefficient (Wildman–Crippen LogP) is 3.46. The van der Waals surface area contributed by atoms with Crippen LogP contribution in [0.15, 0.2) is 24.3 Å². The summed E-state index contributed by atoms with van der Waals surface area (Å²) < 4.78 is 0. The van der Waals surface area contributed by atoms with E-state index >= 15 is 0 Å². The first-order chi connectivity index (χ1) is 11.0. The van der Waals surface area contributed by atoms with Crippen molar-refractivity contribution in [3.05, 3.63) is 35.4 Å². The Morgan fingerprint density at radius 1 is 1.04 bits per heavy atom. The maximum absolute atomic E-state index is 12.3. The summed E-state index contributed by atoms with van der Waals surface area (Å²) in [6.45, 7) is 9.39. The van der Waals surface area contributed by atoms with Crippen LogP contribution < -0.4 is 5.32 Å². The molecule has 23 heavy (non-hydrogen) atoms. The maximum Gasteiger partial charge on any atom is 0.311 e. The summed E-state index contributed by atoms with van der Waals surface area (Å²) in [5.41, 5.74) is 2.27. The molecule has 0 heterocycles. The second kappa shape index (κ2) is 10.0. The van der Waals surface area contributed by atoms with Gasteiger partial charge in [0.05, 0.1) is 6.04 Å². The zero-order chi connectivity index (χ0) is 17.2. The van der Waals surface area contributed by atoms with Crippen molar-refractivity contribution in [1.29, 1.82) is 0 Å². The van der Waals surface area contributed by atoms with E-state index in [9.17, 15) is 9.59 Å². The first-order valence-electron chi connectivity index (χ1n) is 8.72. The number of aryl methyl sites for hydroxylation is 1. The summed E-state index contributed by atoms with van der Waals surface area (Å²) >= 11 is 0. The highest BCUT2D eigenvalue weighted by molar-refractivity contribution is 6.35. The first kappa shape index (κ1) is 19.2. The van der Waals surface area contributed by atoms with Crippen LogP contribution in [-0.4, -0.2) is 29.8 Å². The number of rotatable bonds is 8. The van der Waals surface area contributed by atoms with Crippen LogP contribution >= 0.6 is 0 Å². The van der Waals surface area contributed by atoms with E-state index in [-0.39, 0.29) is 6.04 Å². The highest BCUT2D eigenvalue weighted by Gasteiger charge is 2.22. The number of amides is 2. The molecule has 1 aromatic rings. The normalized spacial score (nSPS) is 11.8. The molecule has 0 aliphatic carbocycles. The standard InChI is InChI=1S/C19H30N2O2/c1-5-8-14-21(13-6-2)19(23)18(22)20-15(4)17-11-9-16(7-3)10-12-17/h9-12,15H,5-8,13-14H2,1-4H3,(H,20,22). The van der Waals surface area contributed by atoms with E-state index in [2.05, 4.69) is 31.3 Å². The Kier molecular flexibility index (Phi) is 8.38. The van der Waals surface area contributed by atoms with Gasteiger partial charge in [0.15, 0.2) is 0 Å². The van der Waals surface area contributed by atoms with Crippen molar-refractivity contribution in [3.63, 3.8) is 0 Å². The Morgan fingerprint density at radius 2 is 1.70 bits per heavy atom. The molecule has 128 valence electrons. The van der Waals surface area contributed by atoms with E-state index in [1.807, 2.05) is 26.0 Å². The summed E-state index contributed by atoms with van der Waals surface area (Å²) in [4.78, 5) is 26.2. The van der Waals surface area contributed by atoms with E-state index in [1.165, 1.54) is 5.56 Å². The zero-order valence-electron chi connectivity index (χ0n) is 14.9. The molecule has 0 spiro atoms. The minimum atomic E-state index is -0.512. The lowest BCUT2D eigenvalue weighted by Crippen LogP contribution is -2.44. The minimum Gasteiger partial charge on any atom is -0.341 e. The average Bonchev–Trinajstić information content (AvgIpc) is 2.57. The van der Waals surface area contributed by atoms with Gasteiger partial charge in [-0.2, -0.15) is 0 Å². The molecule has 0 radical (unpaired) electrons. The van der Waals surface area contributed by atoms with Crippen molar-refractivity contribution >= 4 is 11.8 Å². The van der Waals surface area contributed by atoms with E-state index in [4.69, 9.17) is 0 Å². The second-order valence-corrected chi connectivity index (χ2v) is 5.94. The number of hydrogen-bond donors (Lipinski definition) is 1. The number of nitrogens with zero attached hydrogens (tertiary/aromatic N) is 1. The van der Waals surface area contributed by atoms with E-state index in [0.717, 1.165) is 31.2 Å². The van der Waals surface area contributed by atoms with Crippen LogP contribution in [0.4, 0.5) is 0 Å². The van der Waals surface area contributed by atoms with Gasteiger partial charge in [-0.1, -0.05) is 51.5 Å². The SMILES string of the molecule is CCCCN(CCC)C(=O)C(=O)NC(C)c1ccc(CC)cc1. The number of unbranched alkanes of at least 4 members (excludes halogenated alkanes) is 1. The van der Waals surface area contributed by atoms with Gasteiger partial charge in [-0.25, -0.2) is 0 Å². The maximum atomic E-state index is 12.3. The highest BCUT2D eigenvalue weighted by Crippen LogP contribution is 2.14. The molecule has 0 aliphatic heterocycles. The van der Waals surface area contributed by atoms with Crippen molar-refractivity contribution in [2.24, 2.45) is 0 Å². The van der Waals surface area contributed by atoms with Gasteiger partial charge in [0.1, 0.15) is 0 Å². The van der Waals surface area contributed by atoms with Gasteiger partial charge in [-0.15, -0.1) is 0 Å². The smallest absolute Gasteiger partial charge is 0.311 e. The van der Waals surface area contributed by atoms with Crippen LogP contribution in [0, 0.1) is 0 Å². The number of hydrogen-bond acceptors (Lipinski definition) is 2. The molecular formula is C19H30N2O2. The molecule has 1 unspecified atom stereocenters. The zero-order valence-corrected chi connectivity index (χ0v) is 14.9. The third-order valence-corrected chi connectivity index (χ3v) is 3.99. The lowest BCUT2D eigenvalue weighted by molar-refractivity contribution is -0.146. The van der Waals surface area contributed by atoms with Gasteiger partial charge >= 0.3 is 11.8 Å². The molecule has 2 amide bonds. The molecule has 0 saturated heterocycles. The molecular weight excluding hydrogens is 288 g/mol. The third kappa shape index (κ3) is 6.05. The van der Waals surface area contributed by atoms with Crippen LogP contribution in [-0.2, 0) is 16.0 Å². The Labute approximate surface area is 140 Å². The van der Waals surface area contributed by atoms with Crippen molar-refractivity contribution in [3.8, 4) is 0 Å². The Morgan fingerprint density at radius 3 is 2.22 bits per heavy atom. The molecule has 1 N–H and O–H groups in total. The van der Waals surface area contributed by atoms with Gasteiger partial charge < -0.3 is 10.2 Å². The number of benzene rings is 1. The van der Waals surface area contributed by atoms with Crippen LogP contribution in [0.25, 0.3) is 0 Å². The Balaban J connectivity index is 2.65. The quantitative estimate of drug-likeness (QED) is 0.746. The third-order valence-electron chi connectivity index (χ3n) is 3.99.